The molecule has 8 heteroatoms. The van der Waals surface area contributed by atoms with E-state index in [0.29, 0.717) is 17.3 Å². The molecule has 1 saturated heterocycles. The molecule has 0 aliphatic carbocycles. The maximum atomic E-state index is 13.5. The van der Waals surface area contributed by atoms with Crippen LogP contribution in [0.15, 0.2) is 22.7 Å². The Balaban J connectivity index is 1.82. The number of hydrogen-bond acceptors (Lipinski definition) is 3. The Morgan fingerprint density at radius 2 is 2.19 bits per heavy atom. The van der Waals surface area contributed by atoms with Crippen LogP contribution in [0.25, 0.3) is 0 Å². The number of para-hydroxylation sites is 1. The number of anilines is 1. The van der Waals surface area contributed by atoms with Gasteiger partial charge in [0.25, 0.3) is 0 Å². The molecular weight excluding hydrogens is 347 g/mol. The van der Waals surface area contributed by atoms with Crippen molar-refractivity contribution in [1.82, 2.24) is 5.32 Å². The second-order valence-electron chi connectivity index (χ2n) is 4.59. The number of carbonyl (C=O) groups excluding carboxylic acids is 1. The fraction of sp³-hybridized carbons (Fsp3) is 0.385. The molecule has 2 atom stereocenters. The average molecular weight is 361 g/mol. The molecule has 2 amide bonds. The highest BCUT2D eigenvalue weighted by molar-refractivity contribution is 9.10. The van der Waals surface area contributed by atoms with Crippen LogP contribution in [0.5, 0.6) is 0 Å². The molecule has 21 heavy (non-hydrogen) atoms. The lowest BCUT2D eigenvalue weighted by Crippen LogP contribution is -2.36. The topological polar surface area (TPSA) is 87.7 Å². The van der Waals surface area contributed by atoms with E-state index in [0.717, 1.165) is 0 Å². The van der Waals surface area contributed by atoms with Crippen LogP contribution < -0.4 is 10.6 Å². The van der Waals surface area contributed by atoms with Gasteiger partial charge in [0.05, 0.1) is 11.8 Å². The van der Waals surface area contributed by atoms with E-state index in [1.165, 1.54) is 12.1 Å². The number of benzene rings is 1. The van der Waals surface area contributed by atoms with Crippen LogP contribution in [0.3, 0.4) is 0 Å². The van der Waals surface area contributed by atoms with Crippen molar-refractivity contribution in [2.45, 2.75) is 25.0 Å². The number of ether oxygens (including phenoxy) is 1. The van der Waals surface area contributed by atoms with E-state index < -0.39 is 23.9 Å². The molecule has 0 aromatic heterocycles. The Morgan fingerprint density at radius 3 is 2.81 bits per heavy atom. The van der Waals surface area contributed by atoms with E-state index in [1.54, 1.807) is 6.07 Å². The Bertz CT molecular complexity index is 535. The van der Waals surface area contributed by atoms with E-state index >= 15 is 0 Å². The van der Waals surface area contributed by atoms with Crippen molar-refractivity contribution in [1.29, 1.82) is 0 Å². The average Bonchev–Trinajstić information content (AvgIpc) is 2.90. The standard InChI is InChI=1S/C13H14BrFN2O4/c14-8-2-1-3-9(15)11(8)17-13(20)16-6-7-4-5-10(21-7)12(18)19/h1-3,7,10H,4-6H2,(H,18,19)(H2,16,17,20). The van der Waals surface area contributed by atoms with Crippen molar-refractivity contribution < 1.29 is 23.8 Å². The number of hydrogen-bond donors (Lipinski definition) is 3. The van der Waals surface area contributed by atoms with Crippen LogP contribution in [0.1, 0.15) is 12.8 Å². The summed E-state index contributed by atoms with van der Waals surface area (Å²) in [5.41, 5.74) is 0.0470. The van der Waals surface area contributed by atoms with Crippen LogP contribution in [0.4, 0.5) is 14.9 Å². The van der Waals surface area contributed by atoms with Gasteiger partial charge in [-0.2, -0.15) is 0 Å². The van der Waals surface area contributed by atoms with Crippen LogP contribution in [-0.4, -0.2) is 35.9 Å². The predicted molar refractivity (Wildman–Crippen MR) is 76.7 cm³/mol. The first-order chi connectivity index (χ1) is 9.97. The summed E-state index contributed by atoms with van der Waals surface area (Å²) in [6, 6.07) is 3.78. The van der Waals surface area contributed by atoms with Crippen LogP contribution in [-0.2, 0) is 9.53 Å². The highest BCUT2D eigenvalue weighted by Crippen LogP contribution is 2.25. The fourth-order valence-corrected chi connectivity index (χ4v) is 2.46. The maximum absolute atomic E-state index is 13.5. The van der Waals surface area contributed by atoms with Gasteiger partial charge in [-0.15, -0.1) is 0 Å². The van der Waals surface area contributed by atoms with Gasteiger partial charge in [-0.05, 0) is 40.9 Å². The van der Waals surface area contributed by atoms with Gasteiger partial charge in [0, 0.05) is 11.0 Å². The molecule has 1 aliphatic heterocycles. The second kappa shape index (κ2) is 6.86. The van der Waals surface area contributed by atoms with Gasteiger partial charge in [-0.3, -0.25) is 0 Å². The van der Waals surface area contributed by atoms with E-state index in [9.17, 15) is 14.0 Å². The molecular formula is C13H14BrFN2O4. The number of nitrogens with one attached hydrogen (secondary N) is 2. The fourth-order valence-electron chi connectivity index (χ4n) is 2.02. The Kier molecular flexibility index (Phi) is 5.13. The molecule has 0 radical (unpaired) electrons. The van der Waals surface area contributed by atoms with Crippen LogP contribution >= 0.6 is 15.9 Å². The smallest absolute Gasteiger partial charge is 0.332 e. The lowest BCUT2D eigenvalue weighted by Gasteiger charge is -2.13. The third-order valence-corrected chi connectivity index (χ3v) is 3.74. The summed E-state index contributed by atoms with van der Waals surface area (Å²) in [6.45, 7) is 0.168. The normalized spacial score (nSPS) is 21.0. The van der Waals surface area contributed by atoms with Gasteiger partial charge < -0.3 is 20.5 Å². The number of rotatable bonds is 4. The maximum Gasteiger partial charge on any atom is 0.332 e. The second-order valence-corrected chi connectivity index (χ2v) is 5.45. The van der Waals surface area contributed by atoms with Crippen molar-refractivity contribution in [3.8, 4) is 0 Å². The highest BCUT2D eigenvalue weighted by Gasteiger charge is 2.30. The summed E-state index contributed by atoms with van der Waals surface area (Å²) in [6.07, 6.45) is -0.190. The summed E-state index contributed by atoms with van der Waals surface area (Å²) in [4.78, 5) is 22.4. The zero-order chi connectivity index (χ0) is 15.4. The minimum Gasteiger partial charge on any atom is -0.479 e. The van der Waals surface area contributed by atoms with Gasteiger partial charge in [0.2, 0.25) is 0 Å². The zero-order valence-corrected chi connectivity index (χ0v) is 12.5. The van der Waals surface area contributed by atoms with Crippen molar-refractivity contribution in [2.24, 2.45) is 0 Å². The molecule has 2 unspecified atom stereocenters. The van der Waals surface area contributed by atoms with Gasteiger partial charge in [0.15, 0.2) is 6.10 Å². The molecule has 2 rings (SSSR count). The van der Waals surface area contributed by atoms with Crippen molar-refractivity contribution >= 4 is 33.6 Å². The number of aliphatic carboxylic acids is 1. The molecule has 1 aromatic rings. The molecule has 3 N–H and O–H groups in total. The first-order valence-corrected chi connectivity index (χ1v) is 7.14. The van der Waals surface area contributed by atoms with Crippen molar-refractivity contribution in [3.63, 3.8) is 0 Å². The lowest BCUT2D eigenvalue weighted by molar-refractivity contribution is -0.149. The number of urea groups is 1. The zero-order valence-electron chi connectivity index (χ0n) is 10.9. The van der Waals surface area contributed by atoms with E-state index in [1.807, 2.05) is 0 Å². The highest BCUT2D eigenvalue weighted by atomic mass is 79.9. The Hall–Kier alpha value is -1.67. The molecule has 0 spiro atoms. The van der Waals surface area contributed by atoms with E-state index in [-0.39, 0.29) is 18.3 Å². The third-order valence-electron chi connectivity index (χ3n) is 3.07. The number of carboxylic acids is 1. The summed E-state index contributed by atoms with van der Waals surface area (Å²) >= 11 is 3.14. The van der Waals surface area contributed by atoms with Gasteiger partial charge in [-0.25, -0.2) is 14.0 Å². The molecule has 0 saturated carbocycles. The van der Waals surface area contributed by atoms with Gasteiger partial charge in [-0.1, -0.05) is 6.07 Å². The number of carboxylic acid groups (broad SMARTS) is 1. The molecule has 0 bridgehead atoms. The van der Waals surface area contributed by atoms with Gasteiger partial charge in [0.1, 0.15) is 5.82 Å². The quantitative estimate of drug-likeness (QED) is 0.768. The van der Waals surface area contributed by atoms with Crippen molar-refractivity contribution in [3.05, 3.63) is 28.5 Å². The van der Waals surface area contributed by atoms with E-state index in [4.69, 9.17) is 9.84 Å². The Morgan fingerprint density at radius 1 is 1.43 bits per heavy atom. The minimum atomic E-state index is -1.00. The number of carbonyl (C=O) groups is 2. The summed E-state index contributed by atoms with van der Waals surface area (Å²) in [5.74, 6) is -1.56. The number of halogens is 2. The minimum absolute atomic E-state index is 0.0470. The molecule has 1 heterocycles. The molecule has 1 aromatic carbocycles. The molecule has 1 fully saturated rings. The molecule has 114 valence electrons. The lowest BCUT2D eigenvalue weighted by atomic mass is 10.2. The monoisotopic (exact) mass is 360 g/mol. The molecule has 6 nitrogen and oxygen atoms in total. The van der Waals surface area contributed by atoms with Crippen LogP contribution in [0, 0.1) is 5.82 Å². The van der Waals surface area contributed by atoms with Gasteiger partial charge >= 0.3 is 12.0 Å². The first kappa shape index (κ1) is 15.7. The number of amides is 2. The first-order valence-electron chi connectivity index (χ1n) is 6.34. The predicted octanol–water partition coefficient (Wildman–Crippen LogP) is 2.34. The summed E-state index contributed by atoms with van der Waals surface area (Å²) in [5, 5.41) is 13.7. The van der Waals surface area contributed by atoms with Crippen molar-refractivity contribution in [2.75, 3.05) is 11.9 Å². The van der Waals surface area contributed by atoms with E-state index in [2.05, 4.69) is 26.6 Å². The summed E-state index contributed by atoms with van der Waals surface area (Å²) < 4.78 is 19.2. The Labute approximate surface area is 128 Å². The van der Waals surface area contributed by atoms with Crippen LogP contribution in [0.2, 0.25) is 0 Å². The summed E-state index contributed by atoms with van der Waals surface area (Å²) in [7, 11) is 0. The molecule has 1 aliphatic rings. The largest absolute Gasteiger partial charge is 0.479 e. The SMILES string of the molecule is O=C(NCC1CCC(C(=O)O)O1)Nc1c(F)cccc1Br. The third kappa shape index (κ3) is 4.15.